The second-order valence-corrected chi connectivity index (χ2v) is 9.66. The Labute approximate surface area is 199 Å². The lowest BCUT2D eigenvalue weighted by Crippen LogP contribution is -2.28. The molecular weight excluding hydrogens is 434 g/mol. The molecule has 0 spiro atoms. The molecule has 1 aliphatic heterocycles. The van der Waals surface area contributed by atoms with Gasteiger partial charge in [-0.05, 0) is 90.7 Å². The maximum absolute atomic E-state index is 12.6. The normalized spacial score (nSPS) is 14.6. The fraction of sp³-hybridized carbons (Fsp3) is 0.250. The second-order valence-electron chi connectivity index (χ2n) is 9.22. The summed E-state index contributed by atoms with van der Waals surface area (Å²) in [7, 11) is 0. The lowest BCUT2D eigenvalue weighted by Gasteiger charge is -2.30. The van der Waals surface area contributed by atoms with Crippen LogP contribution >= 0.6 is 11.6 Å². The third-order valence-corrected chi connectivity index (χ3v) is 5.98. The average Bonchev–Trinajstić information content (AvgIpc) is 2.77. The van der Waals surface area contributed by atoms with Crippen molar-refractivity contribution < 1.29 is 14.6 Å². The van der Waals surface area contributed by atoms with Crippen LogP contribution in [0.4, 0.5) is 0 Å². The topological polar surface area (TPSA) is 58.6 Å². The van der Waals surface area contributed by atoms with Crippen LogP contribution in [-0.2, 0) is 9.53 Å². The Kier molecular flexibility index (Phi) is 6.33. The van der Waals surface area contributed by atoms with Crippen molar-refractivity contribution in [3.63, 3.8) is 0 Å². The summed E-state index contributed by atoms with van der Waals surface area (Å²) in [5.41, 5.74) is 4.84. The monoisotopic (exact) mass is 461 g/mol. The molecule has 0 aromatic heterocycles. The molecule has 3 aromatic carbocycles. The van der Waals surface area contributed by atoms with Crippen LogP contribution in [0.15, 0.2) is 66.9 Å². The average molecular weight is 462 g/mol. The Bertz CT molecular complexity index is 1270. The number of benzene rings is 3. The van der Waals surface area contributed by atoms with Gasteiger partial charge in [-0.2, -0.15) is 0 Å². The number of dihydropyridines is 1. The molecule has 33 heavy (non-hydrogen) atoms. The van der Waals surface area contributed by atoms with Crippen LogP contribution in [0.3, 0.4) is 0 Å². The number of fused-ring (bicyclic) bond motifs is 1. The number of rotatable bonds is 5. The van der Waals surface area contributed by atoms with Gasteiger partial charge in [0, 0.05) is 17.1 Å². The summed E-state index contributed by atoms with van der Waals surface area (Å²) in [5.74, 6) is -1.01. The smallest absolute Gasteiger partial charge is 0.337 e. The molecule has 2 N–H and O–H groups in total. The molecule has 5 heteroatoms. The molecule has 0 bridgehead atoms. The maximum Gasteiger partial charge on any atom is 0.337 e. The Balaban J connectivity index is 2.15. The SMILES string of the molecule is Cc1c(C(OC(C)(C)C)C(=O)O)c(-c2ccc(Cl)cc2)c2ccccc2c1C1=CC=CNC1. The van der Waals surface area contributed by atoms with Gasteiger partial charge in [0.2, 0.25) is 0 Å². The van der Waals surface area contributed by atoms with Gasteiger partial charge in [-0.25, -0.2) is 4.79 Å². The summed E-state index contributed by atoms with van der Waals surface area (Å²) >= 11 is 6.18. The number of aliphatic carboxylic acids is 1. The predicted octanol–water partition coefficient (Wildman–Crippen LogP) is 6.91. The Morgan fingerprint density at radius 1 is 1.06 bits per heavy atom. The number of hydrogen-bond donors (Lipinski definition) is 2. The summed E-state index contributed by atoms with van der Waals surface area (Å²) in [6.07, 6.45) is 4.83. The molecule has 1 heterocycles. The highest BCUT2D eigenvalue weighted by molar-refractivity contribution is 6.30. The van der Waals surface area contributed by atoms with Crippen molar-refractivity contribution in [2.75, 3.05) is 6.54 Å². The second kappa shape index (κ2) is 9.05. The van der Waals surface area contributed by atoms with Crippen LogP contribution in [0.2, 0.25) is 5.02 Å². The summed E-state index contributed by atoms with van der Waals surface area (Å²) in [6.45, 7) is 8.29. The molecule has 1 atom stereocenters. The van der Waals surface area contributed by atoms with Gasteiger partial charge < -0.3 is 15.2 Å². The van der Waals surface area contributed by atoms with Crippen LogP contribution in [-0.4, -0.2) is 23.2 Å². The first-order chi connectivity index (χ1) is 15.7. The molecule has 3 aromatic rings. The van der Waals surface area contributed by atoms with Gasteiger partial charge in [0.25, 0.3) is 0 Å². The van der Waals surface area contributed by atoms with Gasteiger partial charge in [0.1, 0.15) is 0 Å². The van der Waals surface area contributed by atoms with E-state index >= 15 is 0 Å². The number of halogens is 1. The highest BCUT2D eigenvalue weighted by atomic mass is 35.5. The van der Waals surface area contributed by atoms with E-state index < -0.39 is 17.7 Å². The zero-order chi connectivity index (χ0) is 23.8. The standard InChI is InChI=1S/C28H28ClNO3/c1-17-23(19-8-7-15-30-16-19)21-9-5-6-10-22(21)25(18-11-13-20(29)14-12-18)24(17)26(27(31)32)33-28(2,3)4/h5-15,26,30H,16H2,1-4H3,(H,31,32). The zero-order valence-corrected chi connectivity index (χ0v) is 20.0. The third kappa shape index (κ3) is 4.68. The van der Waals surface area contributed by atoms with E-state index in [-0.39, 0.29) is 0 Å². The molecule has 1 aliphatic rings. The lowest BCUT2D eigenvalue weighted by atomic mass is 9.81. The molecule has 0 saturated heterocycles. The van der Waals surface area contributed by atoms with Gasteiger partial charge in [0.05, 0.1) is 5.60 Å². The minimum absolute atomic E-state index is 0.629. The summed E-state index contributed by atoms with van der Waals surface area (Å²) in [6, 6.07) is 15.7. The van der Waals surface area contributed by atoms with Crippen molar-refractivity contribution in [2.24, 2.45) is 0 Å². The molecule has 1 unspecified atom stereocenters. The molecule has 0 saturated carbocycles. The fourth-order valence-electron chi connectivity index (χ4n) is 4.48. The lowest BCUT2D eigenvalue weighted by molar-refractivity contribution is -0.160. The van der Waals surface area contributed by atoms with E-state index in [0.29, 0.717) is 17.1 Å². The summed E-state index contributed by atoms with van der Waals surface area (Å²) < 4.78 is 6.17. The molecule has 0 amide bonds. The maximum atomic E-state index is 12.6. The number of carbonyl (C=O) groups is 1. The highest BCUT2D eigenvalue weighted by Crippen LogP contribution is 2.44. The zero-order valence-electron chi connectivity index (χ0n) is 19.3. The van der Waals surface area contributed by atoms with Crippen molar-refractivity contribution in [3.05, 3.63) is 88.6 Å². The Hall–Kier alpha value is -3.08. The highest BCUT2D eigenvalue weighted by Gasteiger charge is 2.33. The van der Waals surface area contributed by atoms with E-state index in [1.807, 2.05) is 82.4 Å². The molecule has 170 valence electrons. The van der Waals surface area contributed by atoms with Crippen molar-refractivity contribution in [1.82, 2.24) is 5.32 Å². The Morgan fingerprint density at radius 2 is 1.70 bits per heavy atom. The minimum Gasteiger partial charge on any atom is -0.479 e. The largest absolute Gasteiger partial charge is 0.479 e. The van der Waals surface area contributed by atoms with Crippen molar-refractivity contribution in [2.45, 2.75) is 39.4 Å². The van der Waals surface area contributed by atoms with Crippen molar-refractivity contribution in [1.29, 1.82) is 0 Å². The van der Waals surface area contributed by atoms with Crippen LogP contribution < -0.4 is 5.32 Å². The van der Waals surface area contributed by atoms with Crippen LogP contribution in [0, 0.1) is 6.92 Å². The van der Waals surface area contributed by atoms with Gasteiger partial charge in [0.15, 0.2) is 6.10 Å². The van der Waals surface area contributed by atoms with Gasteiger partial charge in [-0.3, -0.25) is 0 Å². The predicted molar refractivity (Wildman–Crippen MR) is 135 cm³/mol. The molecule has 0 fully saturated rings. The fourth-order valence-corrected chi connectivity index (χ4v) is 4.60. The Morgan fingerprint density at radius 3 is 2.24 bits per heavy atom. The molecule has 0 radical (unpaired) electrons. The van der Waals surface area contributed by atoms with E-state index in [1.165, 1.54) is 0 Å². The van der Waals surface area contributed by atoms with Crippen molar-refractivity contribution in [3.8, 4) is 11.1 Å². The van der Waals surface area contributed by atoms with Crippen LogP contribution in [0.25, 0.3) is 27.5 Å². The van der Waals surface area contributed by atoms with Gasteiger partial charge in [-0.1, -0.05) is 54.1 Å². The molecule has 0 aliphatic carbocycles. The van der Waals surface area contributed by atoms with E-state index in [0.717, 1.165) is 38.6 Å². The van der Waals surface area contributed by atoms with E-state index in [1.54, 1.807) is 0 Å². The number of nitrogens with one attached hydrogen (secondary N) is 1. The van der Waals surface area contributed by atoms with E-state index in [2.05, 4.69) is 17.5 Å². The number of allylic oxidation sites excluding steroid dienone is 2. The van der Waals surface area contributed by atoms with Crippen molar-refractivity contribution >= 4 is 33.9 Å². The first-order valence-corrected chi connectivity index (χ1v) is 11.4. The first-order valence-electron chi connectivity index (χ1n) is 11.0. The van der Waals surface area contributed by atoms with E-state index in [9.17, 15) is 9.90 Å². The molecule has 4 rings (SSSR count). The van der Waals surface area contributed by atoms with Crippen LogP contribution in [0.1, 0.15) is 43.6 Å². The molecule has 4 nitrogen and oxygen atoms in total. The van der Waals surface area contributed by atoms with Crippen LogP contribution in [0.5, 0.6) is 0 Å². The number of carboxylic acid groups (broad SMARTS) is 1. The number of hydrogen-bond acceptors (Lipinski definition) is 3. The summed E-state index contributed by atoms with van der Waals surface area (Å²) in [4.78, 5) is 12.6. The quantitative estimate of drug-likeness (QED) is 0.433. The minimum atomic E-state index is -1.13. The third-order valence-electron chi connectivity index (χ3n) is 5.73. The number of carboxylic acids is 1. The first kappa shape index (κ1) is 23.1. The van der Waals surface area contributed by atoms with Gasteiger partial charge in [-0.15, -0.1) is 0 Å². The molecular formula is C28H28ClNO3. The number of ether oxygens (including phenoxy) is 1. The summed E-state index contributed by atoms with van der Waals surface area (Å²) in [5, 5.41) is 16.3. The van der Waals surface area contributed by atoms with E-state index in [4.69, 9.17) is 16.3 Å². The van der Waals surface area contributed by atoms with Gasteiger partial charge >= 0.3 is 5.97 Å².